The van der Waals surface area contributed by atoms with Crippen molar-refractivity contribution in [3.63, 3.8) is 0 Å². The molecule has 0 saturated carbocycles. The number of nitrogens with one attached hydrogen (secondary N) is 2. The average molecular weight is 426 g/mol. The lowest BCUT2D eigenvalue weighted by Crippen LogP contribution is -2.37. The van der Waals surface area contributed by atoms with Gasteiger partial charge in [-0.1, -0.05) is 25.1 Å². The van der Waals surface area contributed by atoms with Crippen LogP contribution in [-0.2, 0) is 0 Å². The minimum absolute atomic E-state index is 0.0206. The zero-order chi connectivity index (χ0) is 21.3. The predicted molar refractivity (Wildman–Crippen MR) is 122 cm³/mol. The van der Waals surface area contributed by atoms with E-state index in [1.165, 1.54) is 0 Å². The Balaban J connectivity index is 1.65. The molecule has 0 aliphatic carbocycles. The highest BCUT2D eigenvalue weighted by molar-refractivity contribution is 7.80. The molecule has 1 aliphatic rings. The normalized spacial score (nSPS) is 13.4. The van der Waals surface area contributed by atoms with Crippen LogP contribution in [0.2, 0.25) is 0 Å². The summed E-state index contributed by atoms with van der Waals surface area (Å²) in [5.74, 6) is 0.280. The Bertz CT molecular complexity index is 910. The summed E-state index contributed by atoms with van der Waals surface area (Å²) in [4.78, 5) is 27.3. The Morgan fingerprint density at radius 3 is 2.60 bits per heavy atom. The Morgan fingerprint density at radius 1 is 1.07 bits per heavy atom. The molecule has 0 unspecified atom stereocenters. The summed E-state index contributed by atoms with van der Waals surface area (Å²) in [5, 5.41) is 5.81. The topological polar surface area (TPSA) is 70.7 Å². The number of hydrogen-bond acceptors (Lipinski definition) is 4. The molecule has 2 aromatic carbocycles. The van der Waals surface area contributed by atoms with Crippen LogP contribution in [0.15, 0.2) is 48.5 Å². The predicted octanol–water partition coefficient (Wildman–Crippen LogP) is 4.23. The van der Waals surface area contributed by atoms with Gasteiger partial charge in [0.25, 0.3) is 11.8 Å². The summed E-state index contributed by atoms with van der Waals surface area (Å²) in [6.45, 7) is 4.15. The number of thiocarbonyl (C=S) groups is 1. The van der Waals surface area contributed by atoms with E-state index in [2.05, 4.69) is 10.6 Å². The van der Waals surface area contributed by atoms with E-state index >= 15 is 0 Å². The van der Waals surface area contributed by atoms with Crippen LogP contribution >= 0.6 is 12.2 Å². The van der Waals surface area contributed by atoms with Gasteiger partial charge < -0.3 is 15.0 Å². The first kappa shape index (κ1) is 21.8. The fourth-order valence-corrected chi connectivity index (χ4v) is 3.52. The van der Waals surface area contributed by atoms with Crippen LogP contribution in [0.1, 0.15) is 53.3 Å². The molecule has 1 aliphatic heterocycles. The van der Waals surface area contributed by atoms with Crippen molar-refractivity contribution in [1.29, 1.82) is 0 Å². The van der Waals surface area contributed by atoms with Crippen molar-refractivity contribution >= 4 is 34.8 Å². The summed E-state index contributed by atoms with van der Waals surface area (Å²) in [6.07, 6.45) is 4.10. The van der Waals surface area contributed by atoms with Crippen molar-refractivity contribution in [2.45, 2.75) is 32.6 Å². The van der Waals surface area contributed by atoms with Gasteiger partial charge >= 0.3 is 0 Å². The highest BCUT2D eigenvalue weighted by Gasteiger charge is 2.21. The van der Waals surface area contributed by atoms with Gasteiger partial charge in [0.1, 0.15) is 5.75 Å². The Labute approximate surface area is 182 Å². The monoisotopic (exact) mass is 425 g/mol. The number of anilines is 1. The quantitative estimate of drug-likeness (QED) is 0.678. The third kappa shape index (κ3) is 5.79. The summed E-state index contributed by atoms with van der Waals surface area (Å²) in [6, 6.07) is 14.2. The molecular formula is C23H27N3O3S. The van der Waals surface area contributed by atoms with Gasteiger partial charge in [0.2, 0.25) is 0 Å². The first-order valence-corrected chi connectivity index (χ1v) is 10.7. The summed E-state index contributed by atoms with van der Waals surface area (Å²) in [7, 11) is 0. The average Bonchev–Trinajstić information content (AvgIpc) is 2.78. The summed E-state index contributed by atoms with van der Waals surface area (Å²) < 4.78 is 5.58. The molecule has 1 heterocycles. The second-order valence-corrected chi connectivity index (χ2v) is 7.59. The highest BCUT2D eigenvalue weighted by Crippen LogP contribution is 2.20. The fraction of sp³-hybridized carbons (Fsp3) is 0.348. The first-order valence-electron chi connectivity index (χ1n) is 10.3. The Kier molecular flexibility index (Phi) is 7.79. The van der Waals surface area contributed by atoms with Crippen LogP contribution in [0.25, 0.3) is 0 Å². The van der Waals surface area contributed by atoms with E-state index in [-0.39, 0.29) is 16.9 Å². The van der Waals surface area contributed by atoms with Gasteiger partial charge in [-0.2, -0.15) is 0 Å². The zero-order valence-corrected chi connectivity index (χ0v) is 18.0. The molecule has 7 heteroatoms. The second kappa shape index (κ2) is 10.7. The number of carbonyl (C=O) groups excluding carboxylic acids is 2. The van der Waals surface area contributed by atoms with Crippen LogP contribution in [0.5, 0.6) is 5.75 Å². The Hall–Kier alpha value is -2.93. The second-order valence-electron chi connectivity index (χ2n) is 7.18. The van der Waals surface area contributed by atoms with Gasteiger partial charge in [-0.15, -0.1) is 0 Å². The number of para-hydroxylation sites is 1. The highest BCUT2D eigenvalue weighted by atomic mass is 32.1. The van der Waals surface area contributed by atoms with E-state index in [4.69, 9.17) is 17.0 Å². The van der Waals surface area contributed by atoms with Crippen molar-refractivity contribution < 1.29 is 14.3 Å². The molecule has 0 atom stereocenters. The van der Waals surface area contributed by atoms with Crippen LogP contribution in [0.3, 0.4) is 0 Å². The van der Waals surface area contributed by atoms with Gasteiger partial charge in [-0.3, -0.25) is 14.9 Å². The third-order valence-corrected chi connectivity index (χ3v) is 5.05. The number of carbonyl (C=O) groups is 2. The minimum Gasteiger partial charge on any atom is -0.494 e. The molecule has 0 radical (unpaired) electrons. The fourth-order valence-electron chi connectivity index (χ4n) is 3.32. The molecule has 3 rings (SSSR count). The molecule has 0 bridgehead atoms. The summed E-state index contributed by atoms with van der Waals surface area (Å²) >= 11 is 5.32. The van der Waals surface area contributed by atoms with Crippen molar-refractivity contribution in [2.24, 2.45) is 0 Å². The third-order valence-electron chi connectivity index (χ3n) is 4.85. The molecule has 2 amide bonds. The van der Waals surface area contributed by atoms with E-state index < -0.39 is 0 Å². The van der Waals surface area contributed by atoms with Crippen molar-refractivity contribution in [3.8, 4) is 5.75 Å². The zero-order valence-electron chi connectivity index (χ0n) is 17.1. The molecule has 158 valence electrons. The van der Waals surface area contributed by atoms with E-state index in [0.29, 0.717) is 29.2 Å². The smallest absolute Gasteiger partial charge is 0.257 e. The molecule has 6 nitrogen and oxygen atoms in total. The lowest BCUT2D eigenvalue weighted by molar-refractivity contribution is 0.0725. The van der Waals surface area contributed by atoms with Gasteiger partial charge in [-0.25, -0.2) is 0 Å². The largest absolute Gasteiger partial charge is 0.494 e. The van der Waals surface area contributed by atoms with Gasteiger partial charge in [-0.05, 0) is 68.2 Å². The van der Waals surface area contributed by atoms with Crippen LogP contribution in [0, 0.1) is 0 Å². The molecule has 1 fully saturated rings. The van der Waals surface area contributed by atoms with Crippen molar-refractivity contribution in [1.82, 2.24) is 10.2 Å². The molecule has 30 heavy (non-hydrogen) atoms. The maximum absolute atomic E-state index is 12.9. The molecular weight excluding hydrogens is 398 g/mol. The number of rotatable bonds is 6. The van der Waals surface area contributed by atoms with Crippen LogP contribution < -0.4 is 15.4 Å². The maximum Gasteiger partial charge on any atom is 0.257 e. The van der Waals surface area contributed by atoms with Gasteiger partial charge in [0.05, 0.1) is 17.9 Å². The van der Waals surface area contributed by atoms with Crippen molar-refractivity contribution in [3.05, 3.63) is 59.7 Å². The SMILES string of the molecule is CCCOc1cccc(C(=O)NC(=S)Nc2ccccc2C(=O)N2CCCCC2)c1. The van der Waals surface area contributed by atoms with Gasteiger partial charge in [0, 0.05) is 18.7 Å². The van der Waals surface area contributed by atoms with Crippen LogP contribution in [-0.4, -0.2) is 41.5 Å². The molecule has 2 N–H and O–H groups in total. The maximum atomic E-state index is 12.9. The van der Waals surface area contributed by atoms with Crippen LogP contribution in [0.4, 0.5) is 5.69 Å². The number of likely N-dealkylation sites (tertiary alicyclic amines) is 1. The van der Waals surface area contributed by atoms with Gasteiger partial charge in [0.15, 0.2) is 5.11 Å². The number of amides is 2. The number of hydrogen-bond donors (Lipinski definition) is 2. The number of ether oxygens (including phenoxy) is 1. The summed E-state index contributed by atoms with van der Waals surface area (Å²) in [5.41, 5.74) is 1.58. The van der Waals surface area contributed by atoms with E-state index in [0.717, 1.165) is 38.8 Å². The minimum atomic E-state index is -0.339. The van der Waals surface area contributed by atoms with Crippen molar-refractivity contribution in [2.75, 3.05) is 25.0 Å². The van der Waals surface area contributed by atoms with E-state index in [1.54, 1.807) is 30.3 Å². The lowest BCUT2D eigenvalue weighted by atomic mass is 10.1. The molecule has 2 aromatic rings. The molecule has 1 saturated heterocycles. The molecule has 0 spiro atoms. The number of piperidine rings is 1. The standard InChI is InChI=1S/C23H27N3O3S/c1-2-15-29-18-10-8-9-17(16-18)21(27)25-23(30)24-20-12-5-4-11-19(20)22(28)26-13-6-3-7-14-26/h4-5,8-12,16H,2-3,6-7,13-15H2,1H3,(H2,24,25,27,30). The molecule has 0 aromatic heterocycles. The lowest BCUT2D eigenvalue weighted by Gasteiger charge is -2.27. The van der Waals surface area contributed by atoms with E-state index in [9.17, 15) is 9.59 Å². The number of benzene rings is 2. The number of nitrogens with zero attached hydrogens (tertiary/aromatic N) is 1. The first-order chi connectivity index (χ1) is 14.6. The van der Waals surface area contributed by atoms with E-state index in [1.807, 2.05) is 30.0 Å². The Morgan fingerprint density at radius 2 is 1.83 bits per heavy atom.